The number of nitrogens with one attached hydrogen (secondary N) is 1. The molecule has 1 amide bonds. The number of thiophene rings is 1. The summed E-state index contributed by atoms with van der Waals surface area (Å²) in [5.74, 6) is -2.32. The topological polar surface area (TPSA) is 110 Å². The molecule has 4 atom stereocenters. The molecule has 1 saturated heterocycles. The van der Waals surface area contributed by atoms with Crippen molar-refractivity contribution < 1.29 is 19.3 Å². The number of nitro groups is 1. The molecule has 3 aliphatic heterocycles. The molecule has 0 aliphatic carbocycles. The van der Waals surface area contributed by atoms with Gasteiger partial charge in [0.05, 0.1) is 21.8 Å². The molecule has 1 N–H and O–H groups in total. The molecule has 1 spiro atoms. The first kappa shape index (κ1) is 24.2. The number of nitrogens with zero attached hydrogens (tertiary/aromatic N) is 2. The van der Waals surface area contributed by atoms with Crippen molar-refractivity contribution in [2.45, 2.75) is 17.5 Å². The van der Waals surface area contributed by atoms with E-state index in [0.29, 0.717) is 16.1 Å². The van der Waals surface area contributed by atoms with Crippen molar-refractivity contribution >= 4 is 46.3 Å². The highest BCUT2D eigenvalue weighted by atomic mass is 32.1. The van der Waals surface area contributed by atoms with E-state index in [9.17, 15) is 24.5 Å². The maximum absolute atomic E-state index is 14.7. The van der Waals surface area contributed by atoms with Gasteiger partial charge in [0.1, 0.15) is 11.5 Å². The fraction of sp³-hybridized carbons (Fsp3) is 0.129. The first-order valence-corrected chi connectivity index (χ1v) is 13.6. The van der Waals surface area contributed by atoms with Gasteiger partial charge < -0.3 is 10.2 Å². The number of para-hydroxylation sites is 1. The van der Waals surface area contributed by atoms with Gasteiger partial charge in [-0.15, -0.1) is 11.3 Å². The molecule has 0 bridgehead atoms. The van der Waals surface area contributed by atoms with Crippen molar-refractivity contribution in [2.75, 3.05) is 5.32 Å². The van der Waals surface area contributed by atoms with Crippen LogP contribution in [-0.2, 0) is 10.2 Å². The zero-order valence-corrected chi connectivity index (χ0v) is 21.7. The Balaban J connectivity index is 1.54. The van der Waals surface area contributed by atoms with Gasteiger partial charge in [-0.2, -0.15) is 0 Å². The van der Waals surface area contributed by atoms with E-state index in [2.05, 4.69) is 5.32 Å². The number of fused-ring (bicyclic) bond motifs is 6. The maximum Gasteiger partial charge on any atom is 0.270 e. The van der Waals surface area contributed by atoms with Crippen molar-refractivity contribution in [3.63, 3.8) is 0 Å². The molecule has 8 nitrogen and oxygen atoms in total. The van der Waals surface area contributed by atoms with Gasteiger partial charge in [-0.05, 0) is 40.3 Å². The van der Waals surface area contributed by atoms with Crippen LogP contribution in [0.25, 0.3) is 6.08 Å². The Morgan fingerprint density at radius 3 is 2.55 bits per heavy atom. The molecule has 9 heteroatoms. The van der Waals surface area contributed by atoms with E-state index in [4.69, 9.17) is 0 Å². The number of amides is 1. The van der Waals surface area contributed by atoms with Gasteiger partial charge in [0.25, 0.3) is 5.69 Å². The predicted molar refractivity (Wildman–Crippen MR) is 150 cm³/mol. The van der Waals surface area contributed by atoms with Crippen LogP contribution in [0.2, 0.25) is 0 Å². The summed E-state index contributed by atoms with van der Waals surface area (Å²) in [6.45, 7) is 0. The summed E-state index contributed by atoms with van der Waals surface area (Å²) in [4.78, 5) is 56.7. The second-order valence-electron chi connectivity index (χ2n) is 10.1. The fourth-order valence-corrected chi connectivity index (χ4v) is 7.38. The molecule has 7 rings (SSSR count). The Labute approximate surface area is 232 Å². The zero-order valence-electron chi connectivity index (χ0n) is 20.9. The molecule has 1 fully saturated rings. The molecule has 4 aromatic rings. The number of carbonyl (C=O) groups is 3. The van der Waals surface area contributed by atoms with Gasteiger partial charge in [-0.3, -0.25) is 24.5 Å². The number of carbonyl (C=O) groups excluding carboxylic acids is 3. The highest BCUT2D eigenvalue weighted by Gasteiger charge is 2.70. The van der Waals surface area contributed by atoms with E-state index in [1.54, 1.807) is 29.8 Å². The molecule has 3 aliphatic rings. The Kier molecular flexibility index (Phi) is 5.33. The predicted octanol–water partition coefficient (Wildman–Crippen LogP) is 5.64. The first-order valence-electron chi connectivity index (χ1n) is 12.7. The lowest BCUT2D eigenvalue weighted by molar-refractivity contribution is -0.384. The molecule has 4 unspecified atom stereocenters. The SMILES string of the molecule is O=C(c1cccs1)C1C(C(=O)c2cccc([N+](=O)[O-])c2)C2(C(=O)Nc3ccccc32)C2c3ccccc3C=CN12. The summed E-state index contributed by atoms with van der Waals surface area (Å²) in [5.41, 5.74) is 1.30. The number of ketones is 2. The number of benzene rings is 3. The average Bonchev–Trinajstić information content (AvgIpc) is 3.69. The summed E-state index contributed by atoms with van der Waals surface area (Å²) in [6, 6.07) is 22.2. The van der Waals surface area contributed by atoms with Crippen molar-refractivity contribution in [1.29, 1.82) is 0 Å². The van der Waals surface area contributed by atoms with Crippen LogP contribution in [-0.4, -0.2) is 33.3 Å². The lowest BCUT2D eigenvalue weighted by Crippen LogP contribution is -2.49. The number of Topliss-reactive ketones (excluding diaryl/α,β-unsaturated/α-hetero) is 2. The molecular weight excluding hydrogens is 526 g/mol. The molecular formula is C31H21N3O5S. The number of rotatable bonds is 5. The third kappa shape index (κ3) is 3.21. The van der Waals surface area contributed by atoms with Gasteiger partial charge >= 0.3 is 0 Å². The molecule has 196 valence electrons. The van der Waals surface area contributed by atoms with E-state index in [0.717, 1.165) is 11.1 Å². The van der Waals surface area contributed by atoms with Crippen molar-refractivity contribution in [1.82, 2.24) is 4.90 Å². The van der Waals surface area contributed by atoms with Crippen molar-refractivity contribution in [3.8, 4) is 0 Å². The third-order valence-electron chi connectivity index (χ3n) is 8.23. The minimum Gasteiger partial charge on any atom is -0.358 e. The van der Waals surface area contributed by atoms with Gasteiger partial charge in [0.15, 0.2) is 11.6 Å². The van der Waals surface area contributed by atoms with Crippen LogP contribution in [0.5, 0.6) is 0 Å². The number of nitro benzene ring substituents is 1. The normalized spacial score (nSPS) is 23.9. The van der Waals surface area contributed by atoms with E-state index in [1.807, 2.05) is 53.4 Å². The number of non-ortho nitro benzene ring substituents is 1. The number of hydrogen-bond acceptors (Lipinski definition) is 7. The van der Waals surface area contributed by atoms with E-state index in [-0.39, 0.29) is 22.9 Å². The highest BCUT2D eigenvalue weighted by molar-refractivity contribution is 7.12. The molecule has 0 radical (unpaired) electrons. The largest absolute Gasteiger partial charge is 0.358 e. The van der Waals surface area contributed by atoms with Crippen LogP contribution in [0, 0.1) is 16.0 Å². The maximum atomic E-state index is 14.7. The summed E-state index contributed by atoms with van der Waals surface area (Å²) >= 11 is 1.27. The van der Waals surface area contributed by atoms with Gasteiger partial charge in [0, 0.05) is 29.6 Å². The lowest BCUT2D eigenvalue weighted by atomic mass is 9.62. The van der Waals surface area contributed by atoms with Crippen LogP contribution in [0.4, 0.5) is 11.4 Å². The third-order valence-corrected chi connectivity index (χ3v) is 9.11. The number of anilines is 1. The Hall–Kier alpha value is -4.89. The summed E-state index contributed by atoms with van der Waals surface area (Å²) in [7, 11) is 0. The van der Waals surface area contributed by atoms with Crippen LogP contribution in [0.3, 0.4) is 0 Å². The summed E-state index contributed by atoms with van der Waals surface area (Å²) in [5, 5.41) is 16.4. The Morgan fingerprint density at radius 1 is 0.950 bits per heavy atom. The Morgan fingerprint density at radius 2 is 1.75 bits per heavy atom. The van der Waals surface area contributed by atoms with Crippen LogP contribution < -0.4 is 5.32 Å². The second-order valence-corrected chi connectivity index (χ2v) is 11.0. The standard InChI is InChI=1S/C31H21N3O5S/c35-27(19-8-5-9-20(17-19)34(38)39)25-26(28(36)24-13-6-16-40-24)33-15-14-18-7-1-2-10-21(18)29(33)31(25)22-11-3-4-12-23(22)32-30(31)37/h1-17,25-26,29H,(H,32,37). The minimum absolute atomic E-state index is 0.0804. The van der Waals surface area contributed by atoms with Gasteiger partial charge in [-0.25, -0.2) is 0 Å². The monoisotopic (exact) mass is 547 g/mol. The smallest absolute Gasteiger partial charge is 0.270 e. The van der Waals surface area contributed by atoms with Crippen LogP contribution in [0.15, 0.2) is 96.5 Å². The van der Waals surface area contributed by atoms with Crippen molar-refractivity contribution in [2.24, 2.45) is 5.92 Å². The van der Waals surface area contributed by atoms with Crippen LogP contribution in [0.1, 0.15) is 42.8 Å². The highest BCUT2D eigenvalue weighted by Crippen LogP contribution is 2.62. The van der Waals surface area contributed by atoms with E-state index in [1.165, 1.54) is 35.6 Å². The minimum atomic E-state index is -1.48. The summed E-state index contributed by atoms with van der Waals surface area (Å²) in [6.07, 6.45) is 3.70. The van der Waals surface area contributed by atoms with Gasteiger partial charge in [0.2, 0.25) is 5.91 Å². The van der Waals surface area contributed by atoms with Gasteiger partial charge in [-0.1, -0.05) is 60.7 Å². The van der Waals surface area contributed by atoms with Crippen molar-refractivity contribution in [3.05, 3.63) is 134 Å². The van der Waals surface area contributed by atoms with Crippen LogP contribution >= 0.6 is 11.3 Å². The first-order chi connectivity index (χ1) is 19.4. The molecule has 40 heavy (non-hydrogen) atoms. The molecule has 0 saturated carbocycles. The zero-order chi connectivity index (χ0) is 27.6. The molecule has 3 aromatic carbocycles. The second kappa shape index (κ2) is 8.82. The lowest BCUT2D eigenvalue weighted by Gasteiger charge is -2.38. The summed E-state index contributed by atoms with van der Waals surface area (Å²) < 4.78 is 0. The average molecular weight is 548 g/mol. The molecule has 1 aromatic heterocycles. The fourth-order valence-electron chi connectivity index (χ4n) is 6.68. The van der Waals surface area contributed by atoms with E-state index < -0.39 is 34.1 Å². The Bertz CT molecular complexity index is 1760. The van der Waals surface area contributed by atoms with E-state index >= 15 is 0 Å². The molecule has 4 heterocycles. The number of hydrogen-bond donors (Lipinski definition) is 1. The quantitative estimate of drug-likeness (QED) is 0.197.